The first-order valence-corrected chi connectivity index (χ1v) is 7.07. The fourth-order valence-corrected chi connectivity index (χ4v) is 2.45. The summed E-state index contributed by atoms with van der Waals surface area (Å²) in [5.74, 6) is -5.10. The first-order valence-electron chi connectivity index (χ1n) is 6.19. The molecule has 4 nitrogen and oxygen atoms in total. The van der Waals surface area contributed by atoms with Crippen molar-refractivity contribution < 1.29 is 22.7 Å². The van der Waals surface area contributed by atoms with Crippen molar-refractivity contribution in [2.24, 2.45) is 0 Å². The van der Waals surface area contributed by atoms with Gasteiger partial charge in [0.1, 0.15) is 0 Å². The molecular weight excluding hydrogens is 317 g/mol. The zero-order chi connectivity index (χ0) is 16.3. The SMILES string of the molecule is C[C@H](Sc1cccc[n+]1[O-])C(=O)Nc1ccc(F)c(F)c1F. The van der Waals surface area contributed by atoms with E-state index in [1.807, 2.05) is 0 Å². The maximum Gasteiger partial charge on any atom is 0.252 e. The van der Waals surface area contributed by atoms with Crippen LogP contribution in [0.15, 0.2) is 41.6 Å². The van der Waals surface area contributed by atoms with Crippen LogP contribution in [-0.2, 0) is 4.79 Å². The number of hydrogen-bond donors (Lipinski definition) is 1. The Hall–Kier alpha value is -2.22. The maximum atomic E-state index is 13.5. The van der Waals surface area contributed by atoms with Crippen molar-refractivity contribution in [3.8, 4) is 0 Å². The number of halogens is 3. The molecule has 0 saturated carbocycles. The molecule has 0 unspecified atom stereocenters. The molecule has 1 heterocycles. The molecule has 0 spiro atoms. The molecule has 0 aliphatic carbocycles. The van der Waals surface area contributed by atoms with E-state index in [9.17, 15) is 23.2 Å². The molecule has 0 fully saturated rings. The Morgan fingerprint density at radius 1 is 1.23 bits per heavy atom. The summed E-state index contributed by atoms with van der Waals surface area (Å²) >= 11 is 0.959. The number of carbonyl (C=O) groups excluding carboxylic acids is 1. The number of amides is 1. The third-order valence-electron chi connectivity index (χ3n) is 2.75. The lowest BCUT2D eigenvalue weighted by molar-refractivity contribution is -0.645. The van der Waals surface area contributed by atoms with Gasteiger partial charge in [-0.3, -0.25) is 4.79 Å². The summed E-state index contributed by atoms with van der Waals surface area (Å²) in [5.41, 5.74) is -0.459. The van der Waals surface area contributed by atoms with Crippen molar-refractivity contribution in [2.45, 2.75) is 17.2 Å². The predicted molar refractivity (Wildman–Crippen MR) is 75.7 cm³/mol. The molecule has 1 amide bonds. The van der Waals surface area contributed by atoms with Gasteiger partial charge in [-0.1, -0.05) is 0 Å². The van der Waals surface area contributed by atoms with Gasteiger partial charge in [0, 0.05) is 12.1 Å². The summed E-state index contributed by atoms with van der Waals surface area (Å²) < 4.78 is 40.0. The molecule has 1 aromatic carbocycles. The van der Waals surface area contributed by atoms with Gasteiger partial charge in [0.05, 0.1) is 10.9 Å². The summed E-state index contributed by atoms with van der Waals surface area (Å²) in [5, 5.41) is 13.2. The normalized spacial score (nSPS) is 12.0. The largest absolute Gasteiger partial charge is 0.618 e. The van der Waals surface area contributed by atoms with Crippen molar-refractivity contribution in [3.05, 3.63) is 59.2 Å². The molecule has 22 heavy (non-hydrogen) atoms. The van der Waals surface area contributed by atoms with Crippen molar-refractivity contribution in [3.63, 3.8) is 0 Å². The van der Waals surface area contributed by atoms with Gasteiger partial charge in [0.25, 0.3) is 5.03 Å². The van der Waals surface area contributed by atoms with Crippen molar-refractivity contribution in [2.75, 3.05) is 5.32 Å². The van der Waals surface area contributed by atoms with Crippen LogP contribution in [0.2, 0.25) is 0 Å². The van der Waals surface area contributed by atoms with E-state index in [4.69, 9.17) is 0 Å². The van der Waals surface area contributed by atoms with E-state index in [1.54, 1.807) is 12.1 Å². The lowest BCUT2D eigenvalue weighted by Crippen LogP contribution is -2.30. The second kappa shape index (κ2) is 6.69. The number of anilines is 1. The Labute approximate surface area is 128 Å². The van der Waals surface area contributed by atoms with E-state index >= 15 is 0 Å². The molecule has 0 bridgehead atoms. The van der Waals surface area contributed by atoms with Crippen LogP contribution in [0.4, 0.5) is 18.9 Å². The van der Waals surface area contributed by atoms with Crippen molar-refractivity contribution in [1.82, 2.24) is 0 Å². The van der Waals surface area contributed by atoms with Crippen LogP contribution in [-0.4, -0.2) is 11.2 Å². The van der Waals surface area contributed by atoms with E-state index in [1.165, 1.54) is 19.2 Å². The fourth-order valence-electron chi connectivity index (χ4n) is 1.60. The van der Waals surface area contributed by atoms with Crippen LogP contribution in [0.1, 0.15) is 6.92 Å². The molecule has 0 saturated heterocycles. The molecule has 8 heteroatoms. The topological polar surface area (TPSA) is 56.0 Å². The van der Waals surface area contributed by atoms with E-state index in [2.05, 4.69) is 5.32 Å². The Bertz CT molecular complexity index is 712. The van der Waals surface area contributed by atoms with Gasteiger partial charge in [0.15, 0.2) is 23.6 Å². The highest BCUT2D eigenvalue weighted by atomic mass is 32.2. The second-order valence-electron chi connectivity index (χ2n) is 4.34. The number of carbonyl (C=O) groups is 1. The number of aromatic nitrogens is 1. The van der Waals surface area contributed by atoms with Crippen LogP contribution < -0.4 is 10.0 Å². The number of hydrogen-bond acceptors (Lipinski definition) is 3. The smallest absolute Gasteiger partial charge is 0.252 e. The highest BCUT2D eigenvalue weighted by molar-refractivity contribution is 8.00. The van der Waals surface area contributed by atoms with Gasteiger partial charge in [0.2, 0.25) is 5.91 Å². The number of benzene rings is 1. The van der Waals surface area contributed by atoms with Gasteiger partial charge in [-0.05, 0) is 36.9 Å². The van der Waals surface area contributed by atoms with Crippen molar-refractivity contribution >= 4 is 23.4 Å². The first kappa shape index (κ1) is 16.2. The van der Waals surface area contributed by atoms with Crippen LogP contribution in [0.3, 0.4) is 0 Å². The van der Waals surface area contributed by atoms with E-state index in [0.717, 1.165) is 17.8 Å². The molecule has 0 radical (unpaired) electrons. The Morgan fingerprint density at radius 2 is 1.95 bits per heavy atom. The van der Waals surface area contributed by atoms with Gasteiger partial charge < -0.3 is 10.5 Å². The molecular formula is C14H11F3N2O2S. The molecule has 0 aliphatic heterocycles. The first-order chi connectivity index (χ1) is 10.4. The average molecular weight is 328 g/mol. The number of pyridine rings is 1. The third-order valence-corrected chi connectivity index (χ3v) is 3.87. The highest BCUT2D eigenvalue weighted by Gasteiger charge is 2.21. The highest BCUT2D eigenvalue weighted by Crippen LogP contribution is 2.23. The van der Waals surface area contributed by atoms with Gasteiger partial charge in [-0.2, -0.15) is 4.73 Å². The third kappa shape index (κ3) is 3.51. The monoisotopic (exact) mass is 328 g/mol. The van der Waals surface area contributed by atoms with Gasteiger partial charge >= 0.3 is 0 Å². The average Bonchev–Trinajstić information content (AvgIpc) is 2.50. The van der Waals surface area contributed by atoms with E-state index < -0.39 is 34.3 Å². The Morgan fingerprint density at radius 3 is 2.64 bits per heavy atom. The van der Waals surface area contributed by atoms with Crippen molar-refractivity contribution in [1.29, 1.82) is 0 Å². The molecule has 1 N–H and O–H groups in total. The van der Waals surface area contributed by atoms with Crippen LogP contribution in [0.25, 0.3) is 0 Å². The zero-order valence-electron chi connectivity index (χ0n) is 11.3. The van der Waals surface area contributed by atoms with Crippen LogP contribution in [0.5, 0.6) is 0 Å². The Kier molecular flexibility index (Phi) is 4.92. The number of thioether (sulfide) groups is 1. The van der Waals surface area contributed by atoms with E-state index in [0.29, 0.717) is 10.8 Å². The summed E-state index contributed by atoms with van der Waals surface area (Å²) in [7, 11) is 0. The summed E-state index contributed by atoms with van der Waals surface area (Å²) in [6, 6.07) is 6.35. The minimum atomic E-state index is -1.65. The summed E-state index contributed by atoms with van der Waals surface area (Å²) in [6.45, 7) is 1.50. The standard InChI is InChI=1S/C14H11F3N2O2S/c1-8(22-11-4-2-3-7-19(11)21)14(20)18-10-6-5-9(15)12(16)13(10)17/h2-8H,1H3,(H,18,20)/t8-/m0/s1. The molecule has 0 aliphatic rings. The number of nitrogens with one attached hydrogen (secondary N) is 1. The summed E-state index contributed by atoms with van der Waals surface area (Å²) in [6.07, 6.45) is 1.28. The minimum Gasteiger partial charge on any atom is -0.618 e. The quantitative estimate of drug-likeness (QED) is 0.406. The Balaban J connectivity index is 2.09. The number of nitrogens with zero attached hydrogens (tertiary/aromatic N) is 1. The molecule has 1 aromatic heterocycles. The molecule has 1 atom stereocenters. The number of rotatable bonds is 4. The molecule has 2 rings (SSSR count). The summed E-state index contributed by atoms with van der Waals surface area (Å²) in [4.78, 5) is 12.0. The minimum absolute atomic E-state index is 0.288. The fraction of sp³-hybridized carbons (Fsp3) is 0.143. The van der Waals surface area contributed by atoms with Gasteiger partial charge in [-0.15, -0.1) is 0 Å². The second-order valence-corrected chi connectivity index (χ2v) is 5.70. The van der Waals surface area contributed by atoms with E-state index in [-0.39, 0.29) is 5.03 Å². The molecule has 2 aromatic rings. The lowest BCUT2D eigenvalue weighted by atomic mass is 10.2. The van der Waals surface area contributed by atoms with Gasteiger partial charge in [-0.25, -0.2) is 13.2 Å². The zero-order valence-corrected chi connectivity index (χ0v) is 12.2. The van der Waals surface area contributed by atoms with Crippen LogP contribution in [0, 0.1) is 22.7 Å². The maximum absolute atomic E-state index is 13.5. The lowest BCUT2D eigenvalue weighted by Gasteiger charge is -2.12. The molecule has 116 valence electrons. The van der Waals surface area contributed by atoms with Crippen LogP contribution >= 0.6 is 11.8 Å². The predicted octanol–water partition coefficient (Wildman–Crippen LogP) is 2.86.